The summed E-state index contributed by atoms with van der Waals surface area (Å²) in [5.41, 5.74) is 0. The second-order valence-electron chi connectivity index (χ2n) is 0.448. The molecule has 0 fully saturated rings. The summed E-state index contributed by atoms with van der Waals surface area (Å²) in [5, 5.41) is 0. The number of hydrogen-bond donors (Lipinski definition) is 2. The second kappa shape index (κ2) is 2.54. The molecule has 0 unspecified atom stereocenters. The second-order valence-corrected chi connectivity index (χ2v) is 1.34. The summed E-state index contributed by atoms with van der Waals surface area (Å²) in [4.78, 5) is 0. The Balaban J connectivity index is -0.00000000533. The molecule has 0 bridgehead atoms. The van der Waals surface area contributed by atoms with Crippen LogP contribution in [0.1, 0.15) is 7.13 Å². The van der Waals surface area contributed by atoms with Crippen LogP contribution < -0.4 is 0 Å². The molecule has 0 amide bonds. The van der Waals surface area contributed by atoms with E-state index in [1.54, 1.807) is 0 Å². The van der Waals surface area contributed by atoms with Crippen molar-refractivity contribution in [2.75, 3.05) is 0 Å². The van der Waals surface area contributed by atoms with Crippen molar-refractivity contribution >= 4 is 10.4 Å². The van der Waals surface area contributed by atoms with Crippen molar-refractivity contribution < 1.29 is 41.7 Å². The van der Waals surface area contributed by atoms with Crippen molar-refractivity contribution in [3.8, 4) is 0 Å². The van der Waals surface area contributed by atoms with E-state index in [4.69, 9.17) is 17.5 Å². The fourth-order valence-electron chi connectivity index (χ4n) is 0. The average Bonchev–Trinajstić information content (AvgIpc) is 0.722. The van der Waals surface area contributed by atoms with Gasteiger partial charge in [-0.2, -0.15) is 8.42 Å². The molecule has 4 nitrogen and oxygen atoms in total. The third-order valence-corrected chi connectivity index (χ3v) is 0. The van der Waals surface area contributed by atoms with Crippen molar-refractivity contribution in [1.82, 2.24) is 0 Å². The monoisotopic (exact) mass is 166 g/mol. The van der Waals surface area contributed by atoms with E-state index in [0.29, 0.717) is 0 Å². The SMILES string of the molecule is O=S(=O)(O)O.[Cu].[H-].[H-].[H-].[H-].[H-]. The zero-order valence-electron chi connectivity index (χ0n) is 7.42. The molecule has 1 radical (unpaired) electrons. The molecule has 0 aromatic heterocycles. The first-order chi connectivity index (χ1) is 2.00. The minimum absolute atomic E-state index is 0. The molecule has 0 saturated carbocycles. The van der Waals surface area contributed by atoms with Gasteiger partial charge in [-0.15, -0.1) is 0 Å². The Kier molecular flexibility index (Phi) is 4.08. The largest absolute Gasteiger partial charge is 1.00 e. The quantitative estimate of drug-likeness (QED) is 0.390. The van der Waals surface area contributed by atoms with Crippen LogP contribution in [0, 0.1) is 0 Å². The van der Waals surface area contributed by atoms with Crippen molar-refractivity contribution in [2.24, 2.45) is 0 Å². The molecule has 0 aliphatic heterocycles. The van der Waals surface area contributed by atoms with Gasteiger partial charge in [-0.25, -0.2) is 0 Å². The Morgan fingerprint density at radius 1 is 1.33 bits per heavy atom. The molecule has 2 N–H and O–H groups in total. The van der Waals surface area contributed by atoms with Gasteiger partial charge < -0.3 is 7.13 Å². The van der Waals surface area contributed by atoms with Gasteiger partial charge in [0.2, 0.25) is 0 Å². The topological polar surface area (TPSA) is 74.6 Å². The summed E-state index contributed by atoms with van der Waals surface area (Å²) < 4.78 is 31.6. The molecular formula is H7CuO4S-5. The fourth-order valence-corrected chi connectivity index (χ4v) is 0. The van der Waals surface area contributed by atoms with Gasteiger partial charge in [-0.1, -0.05) is 0 Å². The Bertz CT molecular complexity index is 102. The molecule has 6 heavy (non-hydrogen) atoms. The standard InChI is InChI=1S/Cu.H2O4S.5H/c;1-5(2,3)4;;;;;/h;(H2,1,2,3,4);;;;;/q;;5*-1. The number of rotatable bonds is 0. The van der Waals surface area contributed by atoms with Crippen LogP contribution in [0.5, 0.6) is 0 Å². The Labute approximate surface area is 53.0 Å². The summed E-state index contributed by atoms with van der Waals surface area (Å²) >= 11 is 0. The maximum absolute atomic E-state index is 8.74. The zero-order valence-corrected chi connectivity index (χ0v) is 4.18. The third-order valence-electron chi connectivity index (χ3n) is 0. The van der Waals surface area contributed by atoms with E-state index < -0.39 is 10.4 Å². The van der Waals surface area contributed by atoms with Crippen LogP contribution in [0.2, 0.25) is 0 Å². The Morgan fingerprint density at radius 2 is 1.33 bits per heavy atom. The Hall–Kier alpha value is 0.389. The van der Waals surface area contributed by atoms with Crippen LogP contribution in [0.4, 0.5) is 0 Å². The van der Waals surface area contributed by atoms with Gasteiger partial charge in [0.15, 0.2) is 0 Å². The van der Waals surface area contributed by atoms with E-state index in [0.717, 1.165) is 0 Å². The van der Waals surface area contributed by atoms with Crippen LogP contribution in [0.3, 0.4) is 0 Å². The van der Waals surface area contributed by atoms with Gasteiger partial charge in [0.05, 0.1) is 0 Å². The molecule has 53 valence electrons. The summed E-state index contributed by atoms with van der Waals surface area (Å²) in [6.07, 6.45) is 0. The van der Waals surface area contributed by atoms with Gasteiger partial charge in [-0.05, 0) is 0 Å². The van der Waals surface area contributed by atoms with Crippen LogP contribution in [0.15, 0.2) is 0 Å². The van der Waals surface area contributed by atoms with Crippen LogP contribution in [-0.2, 0) is 27.5 Å². The van der Waals surface area contributed by atoms with E-state index >= 15 is 0 Å². The minimum atomic E-state index is -4.67. The summed E-state index contributed by atoms with van der Waals surface area (Å²) in [5.74, 6) is 0. The molecule has 0 aliphatic rings. The van der Waals surface area contributed by atoms with Crippen molar-refractivity contribution in [3.05, 3.63) is 0 Å². The molecule has 0 aliphatic carbocycles. The molecule has 0 aromatic carbocycles. The molecule has 0 saturated heterocycles. The maximum Gasteiger partial charge on any atom is 0.394 e. The normalized spacial score (nSPS) is 9.67. The third kappa shape index (κ3) is 332. The average molecular weight is 167 g/mol. The summed E-state index contributed by atoms with van der Waals surface area (Å²) in [6, 6.07) is 0. The molecule has 0 atom stereocenters. The van der Waals surface area contributed by atoms with Gasteiger partial charge in [0.1, 0.15) is 0 Å². The first-order valence-electron chi connectivity index (χ1n) is 0.698. The Morgan fingerprint density at radius 3 is 1.33 bits per heavy atom. The van der Waals surface area contributed by atoms with E-state index in [1.165, 1.54) is 0 Å². The summed E-state index contributed by atoms with van der Waals surface area (Å²) in [7, 11) is -4.67. The van der Waals surface area contributed by atoms with Crippen LogP contribution >= 0.6 is 0 Å². The molecule has 6 heteroatoms. The first kappa shape index (κ1) is 9.63. The van der Waals surface area contributed by atoms with Crippen molar-refractivity contribution in [3.63, 3.8) is 0 Å². The molecular weight excluding hydrogens is 160 g/mol. The molecule has 0 spiro atoms. The van der Waals surface area contributed by atoms with E-state index in [-0.39, 0.29) is 24.2 Å². The fraction of sp³-hybridized carbons (Fsp3) is 0. The van der Waals surface area contributed by atoms with Gasteiger partial charge >= 0.3 is 10.4 Å². The smallest absolute Gasteiger partial charge is 0.394 e. The van der Waals surface area contributed by atoms with Crippen molar-refractivity contribution in [1.29, 1.82) is 0 Å². The van der Waals surface area contributed by atoms with Crippen LogP contribution in [0.25, 0.3) is 0 Å². The molecule has 0 aromatic rings. The number of hydrogen-bond acceptors (Lipinski definition) is 2. The van der Waals surface area contributed by atoms with E-state index in [9.17, 15) is 0 Å². The van der Waals surface area contributed by atoms with Gasteiger partial charge in [-0.3, -0.25) is 9.11 Å². The predicted molar refractivity (Wildman–Crippen MR) is 19.7 cm³/mol. The maximum atomic E-state index is 8.74. The minimum Gasteiger partial charge on any atom is -1.00 e. The van der Waals surface area contributed by atoms with Gasteiger partial charge in [0, 0.05) is 17.1 Å². The predicted octanol–water partition coefficient (Wildman–Crippen LogP) is -0.0928. The van der Waals surface area contributed by atoms with Crippen LogP contribution in [-0.4, -0.2) is 17.5 Å². The molecule has 0 heterocycles. The summed E-state index contributed by atoms with van der Waals surface area (Å²) in [6.45, 7) is 0. The zero-order chi connectivity index (χ0) is 4.50. The molecule has 0 rings (SSSR count). The van der Waals surface area contributed by atoms with E-state index in [1.807, 2.05) is 0 Å². The van der Waals surface area contributed by atoms with Crippen molar-refractivity contribution in [2.45, 2.75) is 0 Å². The first-order valence-corrected chi connectivity index (χ1v) is 2.10. The van der Waals surface area contributed by atoms with Gasteiger partial charge in [0.25, 0.3) is 0 Å². The van der Waals surface area contributed by atoms with E-state index in [2.05, 4.69) is 0 Å².